The maximum atomic E-state index is 13.4. The number of anilines is 1. The third kappa shape index (κ3) is 5.28. The SMILES string of the molecule is CCCC(=O)N[C@@H](c1nc(N2CCn3c(nnc3C(F)(F)F)C2)c2cc(CCC)sc2n1)C1CCNC1. The number of fused-ring (bicyclic) bond motifs is 2. The van der Waals surface area contributed by atoms with Gasteiger partial charge in [0.2, 0.25) is 11.7 Å². The minimum Gasteiger partial charge on any atom is -0.347 e. The fourth-order valence-electron chi connectivity index (χ4n) is 5.10. The van der Waals surface area contributed by atoms with Crippen LogP contribution < -0.4 is 15.5 Å². The zero-order valence-corrected chi connectivity index (χ0v) is 21.8. The lowest BCUT2D eigenvalue weighted by molar-refractivity contribution is -0.147. The van der Waals surface area contributed by atoms with Gasteiger partial charge in [-0.2, -0.15) is 13.2 Å². The quantitative estimate of drug-likeness (QED) is 0.451. The number of hydrogen-bond donors (Lipinski definition) is 2. The topological polar surface area (TPSA) is 101 Å². The summed E-state index contributed by atoms with van der Waals surface area (Å²) in [5, 5.41) is 14.7. The number of hydrogen-bond acceptors (Lipinski definition) is 8. The first-order chi connectivity index (χ1) is 17.8. The normalized spacial score (nSPS) is 18.8. The van der Waals surface area contributed by atoms with Crippen molar-refractivity contribution in [2.45, 2.75) is 71.3 Å². The molecule has 5 heterocycles. The van der Waals surface area contributed by atoms with E-state index >= 15 is 0 Å². The Hall–Kier alpha value is -2.80. The van der Waals surface area contributed by atoms with Crippen LogP contribution in [0.5, 0.6) is 0 Å². The molecule has 3 aromatic heterocycles. The van der Waals surface area contributed by atoms with Gasteiger partial charge < -0.3 is 20.1 Å². The first kappa shape index (κ1) is 25.8. The average Bonchev–Trinajstić information content (AvgIpc) is 3.60. The zero-order chi connectivity index (χ0) is 26.2. The van der Waals surface area contributed by atoms with E-state index in [1.807, 2.05) is 11.8 Å². The largest absolute Gasteiger partial charge is 0.451 e. The second kappa shape index (κ2) is 10.5. The molecule has 0 aromatic carbocycles. The standard InChI is InChI=1S/C24H31F3N8OS/c1-3-5-15-11-16-21(34-9-10-35-17(13-34)32-33-23(35)24(25,26)27)30-20(31-22(16)37-15)19(14-7-8-28-12-14)29-18(36)6-4-2/h11,14,19,28H,3-10,12-13H2,1-2H3,(H,29,36)/t14?,19-/m1/s1. The molecule has 0 spiro atoms. The number of nitrogens with one attached hydrogen (secondary N) is 2. The first-order valence-corrected chi connectivity index (χ1v) is 13.6. The van der Waals surface area contributed by atoms with Crippen LogP contribution in [0.25, 0.3) is 10.2 Å². The molecule has 2 aliphatic rings. The molecule has 200 valence electrons. The lowest BCUT2D eigenvalue weighted by Gasteiger charge is -2.30. The summed E-state index contributed by atoms with van der Waals surface area (Å²) in [5.74, 6) is 0.622. The molecule has 37 heavy (non-hydrogen) atoms. The molecule has 3 aromatic rings. The predicted octanol–water partition coefficient (Wildman–Crippen LogP) is 3.84. The molecule has 9 nitrogen and oxygen atoms in total. The third-order valence-electron chi connectivity index (χ3n) is 6.89. The molecule has 0 radical (unpaired) electrons. The average molecular weight is 537 g/mol. The lowest BCUT2D eigenvalue weighted by atomic mass is 9.97. The molecule has 0 saturated carbocycles. The maximum Gasteiger partial charge on any atom is 0.451 e. The molecule has 1 unspecified atom stereocenters. The Labute approximate surface area is 216 Å². The predicted molar refractivity (Wildman–Crippen MR) is 134 cm³/mol. The number of alkyl halides is 3. The number of carbonyl (C=O) groups excluding carboxylic acids is 1. The van der Waals surface area contributed by atoms with E-state index in [2.05, 4.69) is 33.8 Å². The number of aryl methyl sites for hydroxylation is 1. The van der Waals surface area contributed by atoms with Gasteiger partial charge in [0.1, 0.15) is 10.6 Å². The Morgan fingerprint density at radius 3 is 2.78 bits per heavy atom. The summed E-state index contributed by atoms with van der Waals surface area (Å²) in [6.07, 6.45) is -0.598. The van der Waals surface area contributed by atoms with Crippen molar-refractivity contribution in [3.05, 3.63) is 28.4 Å². The summed E-state index contributed by atoms with van der Waals surface area (Å²) in [7, 11) is 0. The molecule has 13 heteroatoms. The summed E-state index contributed by atoms with van der Waals surface area (Å²) in [6.45, 7) is 6.29. The molecule has 5 rings (SSSR count). The minimum atomic E-state index is -4.55. The summed E-state index contributed by atoms with van der Waals surface area (Å²) in [6, 6.07) is 1.74. The second-order valence-electron chi connectivity index (χ2n) is 9.65. The van der Waals surface area contributed by atoms with Gasteiger partial charge in [-0.15, -0.1) is 21.5 Å². The smallest absolute Gasteiger partial charge is 0.347 e. The molecule has 1 amide bonds. The second-order valence-corrected chi connectivity index (χ2v) is 10.8. The van der Waals surface area contributed by atoms with Gasteiger partial charge in [0.25, 0.3) is 0 Å². The minimum absolute atomic E-state index is 0.0340. The molecule has 1 fully saturated rings. The van der Waals surface area contributed by atoms with E-state index in [1.54, 1.807) is 11.3 Å². The van der Waals surface area contributed by atoms with Crippen molar-refractivity contribution < 1.29 is 18.0 Å². The number of halogens is 3. The Bertz CT molecular complexity index is 1270. The number of nitrogens with zero attached hydrogens (tertiary/aromatic N) is 6. The van der Waals surface area contributed by atoms with Crippen molar-refractivity contribution in [2.75, 3.05) is 24.5 Å². The van der Waals surface area contributed by atoms with Crippen LogP contribution in [-0.4, -0.2) is 50.3 Å². The van der Waals surface area contributed by atoms with Crippen molar-refractivity contribution in [3.8, 4) is 0 Å². The highest BCUT2D eigenvalue weighted by Crippen LogP contribution is 2.37. The van der Waals surface area contributed by atoms with Crippen molar-refractivity contribution in [1.29, 1.82) is 0 Å². The van der Waals surface area contributed by atoms with Crippen LogP contribution in [-0.2, 0) is 30.5 Å². The van der Waals surface area contributed by atoms with Crippen LogP contribution in [0.3, 0.4) is 0 Å². The van der Waals surface area contributed by atoms with Crippen LogP contribution in [0.4, 0.5) is 19.0 Å². The van der Waals surface area contributed by atoms with Gasteiger partial charge in [0.05, 0.1) is 18.0 Å². The maximum absolute atomic E-state index is 13.4. The lowest BCUT2D eigenvalue weighted by Crippen LogP contribution is -2.38. The molecule has 2 aliphatic heterocycles. The van der Waals surface area contributed by atoms with Crippen molar-refractivity contribution in [1.82, 2.24) is 35.4 Å². The van der Waals surface area contributed by atoms with Crippen molar-refractivity contribution >= 4 is 33.3 Å². The highest BCUT2D eigenvalue weighted by atomic mass is 32.1. The van der Waals surface area contributed by atoms with Gasteiger partial charge in [0, 0.05) is 36.9 Å². The molecule has 0 bridgehead atoms. The number of rotatable bonds is 8. The number of amides is 1. The number of thiophene rings is 1. The van der Waals surface area contributed by atoms with Crippen LogP contribution in [0, 0.1) is 5.92 Å². The van der Waals surface area contributed by atoms with Crippen LogP contribution in [0.1, 0.15) is 67.9 Å². The summed E-state index contributed by atoms with van der Waals surface area (Å²) < 4.78 is 41.2. The molecular weight excluding hydrogens is 505 g/mol. The third-order valence-corrected chi connectivity index (χ3v) is 7.97. The van der Waals surface area contributed by atoms with E-state index in [0.717, 1.165) is 53.6 Å². The van der Waals surface area contributed by atoms with Gasteiger partial charge >= 0.3 is 6.18 Å². The highest BCUT2D eigenvalue weighted by molar-refractivity contribution is 7.18. The van der Waals surface area contributed by atoms with E-state index in [4.69, 9.17) is 9.97 Å². The monoisotopic (exact) mass is 536 g/mol. The Balaban J connectivity index is 1.55. The van der Waals surface area contributed by atoms with Gasteiger partial charge in [-0.3, -0.25) is 4.79 Å². The van der Waals surface area contributed by atoms with Gasteiger partial charge in [-0.05, 0) is 31.9 Å². The van der Waals surface area contributed by atoms with Crippen LogP contribution in [0.15, 0.2) is 6.07 Å². The van der Waals surface area contributed by atoms with E-state index in [-0.39, 0.29) is 36.8 Å². The fourth-order valence-corrected chi connectivity index (χ4v) is 6.23. The van der Waals surface area contributed by atoms with E-state index in [9.17, 15) is 18.0 Å². The summed E-state index contributed by atoms with van der Waals surface area (Å²) >= 11 is 1.61. The van der Waals surface area contributed by atoms with Crippen LogP contribution in [0.2, 0.25) is 0 Å². The summed E-state index contributed by atoms with van der Waals surface area (Å²) in [5.41, 5.74) is 0. The zero-order valence-electron chi connectivity index (χ0n) is 20.9. The first-order valence-electron chi connectivity index (χ1n) is 12.8. The fraction of sp³-hybridized carbons (Fsp3) is 0.625. The highest BCUT2D eigenvalue weighted by Gasteiger charge is 2.40. The Morgan fingerprint density at radius 2 is 2.08 bits per heavy atom. The van der Waals surface area contributed by atoms with Gasteiger partial charge in [0.15, 0.2) is 11.6 Å². The van der Waals surface area contributed by atoms with Crippen molar-refractivity contribution in [3.63, 3.8) is 0 Å². The van der Waals surface area contributed by atoms with E-state index in [0.29, 0.717) is 24.6 Å². The van der Waals surface area contributed by atoms with Gasteiger partial charge in [-0.25, -0.2) is 9.97 Å². The number of carbonyl (C=O) groups is 1. The van der Waals surface area contributed by atoms with Crippen LogP contribution >= 0.6 is 11.3 Å². The van der Waals surface area contributed by atoms with E-state index < -0.39 is 12.0 Å². The molecule has 2 atom stereocenters. The number of aromatic nitrogens is 5. The van der Waals surface area contributed by atoms with E-state index in [1.165, 1.54) is 4.88 Å². The Kier molecular flexibility index (Phi) is 7.35. The van der Waals surface area contributed by atoms with Crippen molar-refractivity contribution in [2.24, 2.45) is 5.92 Å². The molecule has 2 N–H and O–H groups in total. The van der Waals surface area contributed by atoms with Gasteiger partial charge in [-0.1, -0.05) is 20.3 Å². The Morgan fingerprint density at radius 1 is 1.24 bits per heavy atom. The molecule has 1 saturated heterocycles. The molecule has 0 aliphatic carbocycles. The summed E-state index contributed by atoms with van der Waals surface area (Å²) in [4.78, 5) is 26.5. The molecular formula is C24H31F3N8OS.